The predicted molar refractivity (Wildman–Crippen MR) is 109 cm³/mol. The molecule has 0 saturated carbocycles. The summed E-state index contributed by atoms with van der Waals surface area (Å²) in [5, 5.41) is 3.28. The van der Waals surface area contributed by atoms with Gasteiger partial charge in [-0.15, -0.1) is 0 Å². The van der Waals surface area contributed by atoms with Crippen LogP contribution >= 0.6 is 0 Å². The molecule has 2 aromatic heterocycles. The number of fused-ring (bicyclic) bond motifs is 1. The molecule has 3 aromatic rings. The summed E-state index contributed by atoms with van der Waals surface area (Å²) < 4.78 is 32.8. The number of nitrogens with one attached hydrogen (secondary N) is 2. The number of pyridine rings is 2. The maximum Gasteiger partial charge on any atom is 0.252 e. The Hall–Kier alpha value is -3.29. The summed E-state index contributed by atoms with van der Waals surface area (Å²) in [7, 11) is 0. The molecule has 2 N–H and O–H groups in total. The van der Waals surface area contributed by atoms with E-state index < -0.39 is 29.1 Å². The SMILES string of the molecule is Cc1c(CC(=O)N[C@@H](C)c2ccc(F)cc2F)c(=O)[nH]c2ccnc(OC(C)C)c12. The topological polar surface area (TPSA) is 84.1 Å². The molecule has 0 saturated heterocycles. The molecule has 3 rings (SSSR count). The lowest BCUT2D eigenvalue weighted by atomic mass is 10.0. The summed E-state index contributed by atoms with van der Waals surface area (Å²) >= 11 is 0. The van der Waals surface area contributed by atoms with Gasteiger partial charge in [-0.1, -0.05) is 6.07 Å². The Kier molecular flexibility index (Phi) is 6.14. The van der Waals surface area contributed by atoms with Crippen LogP contribution in [0.3, 0.4) is 0 Å². The van der Waals surface area contributed by atoms with Gasteiger partial charge in [0.1, 0.15) is 11.6 Å². The van der Waals surface area contributed by atoms with Crippen molar-refractivity contribution < 1.29 is 18.3 Å². The van der Waals surface area contributed by atoms with E-state index in [0.717, 1.165) is 12.1 Å². The van der Waals surface area contributed by atoms with E-state index in [1.54, 1.807) is 26.1 Å². The van der Waals surface area contributed by atoms with E-state index in [4.69, 9.17) is 4.74 Å². The normalized spacial score (nSPS) is 12.2. The second-order valence-electron chi connectivity index (χ2n) is 7.39. The molecule has 8 heteroatoms. The molecule has 158 valence electrons. The molecule has 0 fully saturated rings. The van der Waals surface area contributed by atoms with Crippen LogP contribution in [-0.4, -0.2) is 22.0 Å². The van der Waals surface area contributed by atoms with Gasteiger partial charge in [0.2, 0.25) is 11.8 Å². The van der Waals surface area contributed by atoms with Crippen LogP contribution in [0.15, 0.2) is 35.3 Å². The summed E-state index contributed by atoms with van der Waals surface area (Å²) in [5.41, 5.74) is 1.19. The third-order valence-corrected chi connectivity index (χ3v) is 4.76. The van der Waals surface area contributed by atoms with Crippen LogP contribution in [0.4, 0.5) is 8.78 Å². The zero-order chi connectivity index (χ0) is 22.0. The second kappa shape index (κ2) is 8.61. The van der Waals surface area contributed by atoms with Crippen LogP contribution in [0.5, 0.6) is 5.88 Å². The minimum absolute atomic E-state index is 0.118. The second-order valence-corrected chi connectivity index (χ2v) is 7.39. The third kappa shape index (κ3) is 4.48. The van der Waals surface area contributed by atoms with Gasteiger partial charge >= 0.3 is 0 Å². The van der Waals surface area contributed by atoms with Crippen LogP contribution in [0.1, 0.15) is 43.5 Å². The number of hydrogen-bond donors (Lipinski definition) is 2. The number of ether oxygens (including phenoxy) is 1. The van der Waals surface area contributed by atoms with Gasteiger partial charge in [-0.25, -0.2) is 13.8 Å². The number of aromatic nitrogens is 2. The van der Waals surface area contributed by atoms with Crippen LogP contribution in [0.2, 0.25) is 0 Å². The van der Waals surface area contributed by atoms with Crippen molar-refractivity contribution in [3.63, 3.8) is 0 Å². The van der Waals surface area contributed by atoms with Crippen molar-refractivity contribution in [2.24, 2.45) is 0 Å². The standard InChI is InChI=1S/C22H23F2N3O3/c1-11(2)30-22-20-12(3)16(21(29)27-18(20)7-8-25-22)10-19(28)26-13(4)15-6-5-14(23)9-17(15)24/h5-9,11,13H,10H2,1-4H3,(H,26,28)(H,27,29)/t13-/m0/s1. The van der Waals surface area contributed by atoms with Gasteiger partial charge in [0.25, 0.3) is 5.56 Å². The Morgan fingerprint density at radius 3 is 2.63 bits per heavy atom. The molecule has 0 unspecified atom stereocenters. The number of amides is 1. The van der Waals surface area contributed by atoms with Crippen molar-refractivity contribution in [3.05, 3.63) is 69.1 Å². The van der Waals surface area contributed by atoms with Gasteiger partial charge in [0, 0.05) is 23.4 Å². The number of carbonyl (C=O) groups is 1. The number of hydrogen-bond acceptors (Lipinski definition) is 4. The fraction of sp³-hybridized carbons (Fsp3) is 0.318. The number of rotatable bonds is 6. The maximum absolute atomic E-state index is 14.0. The fourth-order valence-corrected chi connectivity index (χ4v) is 3.34. The highest BCUT2D eigenvalue weighted by atomic mass is 19.1. The molecule has 1 aromatic carbocycles. The van der Waals surface area contributed by atoms with E-state index in [0.29, 0.717) is 22.3 Å². The highest BCUT2D eigenvalue weighted by Crippen LogP contribution is 2.27. The molecule has 0 aliphatic rings. The highest BCUT2D eigenvalue weighted by molar-refractivity contribution is 5.89. The Bertz CT molecular complexity index is 1160. The van der Waals surface area contributed by atoms with Gasteiger partial charge in [-0.3, -0.25) is 9.59 Å². The number of H-pyrrole nitrogens is 1. The van der Waals surface area contributed by atoms with Gasteiger partial charge in [0.05, 0.1) is 29.5 Å². The molecule has 0 bridgehead atoms. The maximum atomic E-state index is 14.0. The van der Waals surface area contributed by atoms with Crippen molar-refractivity contribution in [1.29, 1.82) is 0 Å². The molecular formula is C22H23F2N3O3. The number of nitrogens with zero attached hydrogens (tertiary/aromatic N) is 1. The number of aromatic amines is 1. The minimum Gasteiger partial charge on any atom is -0.474 e. The summed E-state index contributed by atoms with van der Waals surface area (Å²) in [6.07, 6.45) is 1.22. The molecule has 1 atom stereocenters. The van der Waals surface area contributed by atoms with Crippen molar-refractivity contribution >= 4 is 16.8 Å². The lowest BCUT2D eigenvalue weighted by Crippen LogP contribution is -2.31. The third-order valence-electron chi connectivity index (χ3n) is 4.76. The first kappa shape index (κ1) is 21.4. The molecule has 2 heterocycles. The summed E-state index contributed by atoms with van der Waals surface area (Å²) in [6.45, 7) is 7.06. The monoisotopic (exact) mass is 415 g/mol. The zero-order valence-corrected chi connectivity index (χ0v) is 17.2. The molecule has 0 aliphatic heterocycles. The molecule has 30 heavy (non-hydrogen) atoms. The molecular weight excluding hydrogens is 392 g/mol. The largest absolute Gasteiger partial charge is 0.474 e. The Labute approximate surface area is 172 Å². The summed E-state index contributed by atoms with van der Waals surface area (Å²) in [6, 6.07) is 4.15. The Balaban J connectivity index is 1.89. The quantitative estimate of drug-likeness (QED) is 0.643. The van der Waals surface area contributed by atoms with Crippen molar-refractivity contribution in [1.82, 2.24) is 15.3 Å². The van der Waals surface area contributed by atoms with E-state index in [-0.39, 0.29) is 23.7 Å². The van der Waals surface area contributed by atoms with Crippen LogP contribution in [0, 0.1) is 18.6 Å². The van der Waals surface area contributed by atoms with E-state index >= 15 is 0 Å². The predicted octanol–water partition coefficient (Wildman–Crippen LogP) is 3.72. The van der Waals surface area contributed by atoms with E-state index in [9.17, 15) is 18.4 Å². The fourth-order valence-electron chi connectivity index (χ4n) is 3.34. The molecule has 0 spiro atoms. The van der Waals surface area contributed by atoms with E-state index in [1.807, 2.05) is 13.8 Å². The van der Waals surface area contributed by atoms with Crippen LogP contribution in [0.25, 0.3) is 10.9 Å². The van der Waals surface area contributed by atoms with Crippen LogP contribution < -0.4 is 15.6 Å². The van der Waals surface area contributed by atoms with E-state index in [2.05, 4.69) is 15.3 Å². The lowest BCUT2D eigenvalue weighted by molar-refractivity contribution is -0.121. The van der Waals surface area contributed by atoms with Gasteiger partial charge in [0.15, 0.2) is 0 Å². The average Bonchev–Trinajstić information content (AvgIpc) is 2.64. The molecule has 6 nitrogen and oxygen atoms in total. The minimum atomic E-state index is -0.746. The van der Waals surface area contributed by atoms with Gasteiger partial charge < -0.3 is 15.0 Å². The molecule has 0 radical (unpaired) electrons. The number of carbonyl (C=O) groups excluding carboxylic acids is 1. The summed E-state index contributed by atoms with van der Waals surface area (Å²) in [5.74, 6) is -1.53. The van der Waals surface area contributed by atoms with Crippen molar-refractivity contribution in [2.45, 2.75) is 46.3 Å². The molecule has 1 amide bonds. The summed E-state index contributed by atoms with van der Waals surface area (Å²) in [4.78, 5) is 32.1. The highest BCUT2D eigenvalue weighted by Gasteiger charge is 2.19. The average molecular weight is 415 g/mol. The first-order valence-corrected chi connectivity index (χ1v) is 9.58. The van der Waals surface area contributed by atoms with Gasteiger partial charge in [-0.05, 0) is 45.4 Å². The Morgan fingerprint density at radius 2 is 1.97 bits per heavy atom. The lowest BCUT2D eigenvalue weighted by Gasteiger charge is -2.17. The van der Waals surface area contributed by atoms with Crippen molar-refractivity contribution in [3.8, 4) is 5.88 Å². The first-order chi connectivity index (χ1) is 14.2. The van der Waals surface area contributed by atoms with Crippen molar-refractivity contribution in [2.75, 3.05) is 0 Å². The van der Waals surface area contributed by atoms with Crippen LogP contribution in [-0.2, 0) is 11.2 Å². The Morgan fingerprint density at radius 1 is 1.23 bits per heavy atom. The zero-order valence-electron chi connectivity index (χ0n) is 17.2. The smallest absolute Gasteiger partial charge is 0.252 e. The first-order valence-electron chi connectivity index (χ1n) is 9.58. The number of benzene rings is 1. The number of halogens is 2. The van der Waals surface area contributed by atoms with Gasteiger partial charge in [-0.2, -0.15) is 0 Å². The number of aryl methyl sites for hydroxylation is 1. The van der Waals surface area contributed by atoms with E-state index in [1.165, 1.54) is 6.07 Å². The molecule has 0 aliphatic carbocycles.